The Morgan fingerprint density at radius 3 is 2.35 bits per heavy atom. The first-order valence-corrected chi connectivity index (χ1v) is 8.76. The second-order valence-corrected chi connectivity index (χ2v) is 7.30. The van der Waals surface area contributed by atoms with Crippen molar-refractivity contribution in [2.45, 2.75) is 55.9 Å². The van der Waals surface area contributed by atoms with Gasteiger partial charge in [-0.3, -0.25) is 4.79 Å². The Kier molecular flexibility index (Phi) is 5.23. The van der Waals surface area contributed by atoms with E-state index in [2.05, 4.69) is 9.71 Å². The van der Waals surface area contributed by atoms with Gasteiger partial charge in [0.15, 0.2) is 0 Å². The molecule has 0 aliphatic heterocycles. The van der Waals surface area contributed by atoms with Gasteiger partial charge in [0.1, 0.15) is 5.02 Å². The van der Waals surface area contributed by atoms with E-state index in [1.807, 2.05) is 0 Å². The van der Waals surface area contributed by atoms with Gasteiger partial charge in [-0.05, 0) is 18.9 Å². The van der Waals surface area contributed by atoms with Crippen molar-refractivity contribution in [3.05, 3.63) is 27.6 Å². The predicted octanol–water partition coefficient (Wildman–Crippen LogP) is 2.42. The lowest BCUT2D eigenvalue weighted by Crippen LogP contribution is -2.35. The van der Waals surface area contributed by atoms with Crippen molar-refractivity contribution in [2.75, 3.05) is 0 Å². The van der Waals surface area contributed by atoms with Crippen LogP contribution in [0.25, 0.3) is 0 Å². The van der Waals surface area contributed by atoms with Crippen LogP contribution in [0, 0.1) is 0 Å². The predicted molar refractivity (Wildman–Crippen MR) is 78.5 cm³/mol. The number of rotatable bonds is 3. The van der Waals surface area contributed by atoms with Crippen LogP contribution in [0.2, 0.25) is 5.02 Å². The van der Waals surface area contributed by atoms with Crippen molar-refractivity contribution in [3.63, 3.8) is 0 Å². The summed E-state index contributed by atoms with van der Waals surface area (Å²) in [6.45, 7) is 0. The van der Waals surface area contributed by atoms with Crippen LogP contribution in [0.5, 0.6) is 0 Å². The molecule has 0 aromatic carbocycles. The molecule has 0 amide bonds. The van der Waals surface area contributed by atoms with Crippen LogP contribution in [0.3, 0.4) is 0 Å². The zero-order valence-corrected chi connectivity index (χ0v) is 12.8. The standard InChI is InChI=1S/C13H19ClN2O3S/c14-12-8-11(9-15-13(12)17)20(18,19)16-10-6-4-2-1-3-5-7-10/h8-10,16H,1-7H2,(H,15,17). The molecule has 1 aromatic heterocycles. The first kappa shape index (κ1) is 15.5. The highest BCUT2D eigenvalue weighted by molar-refractivity contribution is 7.89. The van der Waals surface area contributed by atoms with E-state index in [-0.39, 0.29) is 16.0 Å². The third kappa shape index (κ3) is 4.07. The van der Waals surface area contributed by atoms with Crippen molar-refractivity contribution in [3.8, 4) is 0 Å². The molecule has 112 valence electrons. The summed E-state index contributed by atoms with van der Waals surface area (Å²) in [4.78, 5) is 13.5. The Bertz CT molecular complexity index is 604. The molecule has 0 bridgehead atoms. The molecule has 0 unspecified atom stereocenters. The van der Waals surface area contributed by atoms with Gasteiger partial charge in [-0.15, -0.1) is 0 Å². The maximum absolute atomic E-state index is 12.3. The number of sulfonamides is 1. The average Bonchev–Trinajstić information content (AvgIpc) is 2.35. The van der Waals surface area contributed by atoms with Gasteiger partial charge < -0.3 is 4.98 Å². The molecule has 0 saturated heterocycles. The molecule has 2 N–H and O–H groups in total. The van der Waals surface area contributed by atoms with Crippen LogP contribution in [-0.4, -0.2) is 19.4 Å². The number of halogens is 1. The monoisotopic (exact) mass is 318 g/mol. The molecule has 1 aliphatic carbocycles. The lowest BCUT2D eigenvalue weighted by molar-refractivity contribution is 0.426. The molecular formula is C13H19ClN2O3S. The van der Waals surface area contributed by atoms with Gasteiger partial charge in [0.25, 0.3) is 5.56 Å². The third-order valence-electron chi connectivity index (χ3n) is 3.57. The Labute approximate surface area is 123 Å². The first-order chi connectivity index (χ1) is 9.49. The Balaban J connectivity index is 2.12. The van der Waals surface area contributed by atoms with Crippen LogP contribution in [0.4, 0.5) is 0 Å². The van der Waals surface area contributed by atoms with Gasteiger partial charge in [-0.2, -0.15) is 0 Å². The topological polar surface area (TPSA) is 79.0 Å². The summed E-state index contributed by atoms with van der Waals surface area (Å²) in [6.07, 6.45) is 8.52. The van der Waals surface area contributed by atoms with Gasteiger partial charge >= 0.3 is 0 Å². The number of H-pyrrole nitrogens is 1. The number of hydrogen-bond acceptors (Lipinski definition) is 3. The van der Waals surface area contributed by atoms with E-state index in [0.717, 1.165) is 38.5 Å². The van der Waals surface area contributed by atoms with Crippen molar-refractivity contribution in [2.24, 2.45) is 0 Å². The lowest BCUT2D eigenvalue weighted by Gasteiger charge is -2.20. The van der Waals surface area contributed by atoms with Gasteiger partial charge in [-0.1, -0.05) is 43.7 Å². The maximum Gasteiger partial charge on any atom is 0.266 e. The Hall–Kier alpha value is -0.850. The van der Waals surface area contributed by atoms with Gasteiger partial charge in [0.05, 0.1) is 4.90 Å². The van der Waals surface area contributed by atoms with Crippen molar-refractivity contribution >= 4 is 21.6 Å². The van der Waals surface area contributed by atoms with Crippen LogP contribution >= 0.6 is 11.6 Å². The highest BCUT2D eigenvalue weighted by atomic mass is 35.5. The number of aromatic amines is 1. The van der Waals surface area contributed by atoms with E-state index in [4.69, 9.17) is 11.6 Å². The fourth-order valence-electron chi connectivity index (χ4n) is 2.45. The van der Waals surface area contributed by atoms with Crippen LogP contribution in [0.1, 0.15) is 44.9 Å². The van der Waals surface area contributed by atoms with Gasteiger partial charge in [0.2, 0.25) is 10.0 Å². The zero-order chi connectivity index (χ0) is 14.6. The van der Waals surface area contributed by atoms with Crippen molar-refractivity contribution < 1.29 is 8.42 Å². The minimum Gasteiger partial charge on any atom is -0.326 e. The number of pyridine rings is 1. The van der Waals surface area contributed by atoms with Gasteiger partial charge in [-0.25, -0.2) is 13.1 Å². The molecule has 0 spiro atoms. The second-order valence-electron chi connectivity index (χ2n) is 5.18. The summed E-state index contributed by atoms with van der Waals surface area (Å²) in [5.41, 5.74) is -0.489. The van der Waals surface area contributed by atoms with E-state index in [1.165, 1.54) is 18.7 Å². The van der Waals surface area contributed by atoms with Crippen LogP contribution < -0.4 is 10.3 Å². The minimum absolute atomic E-state index is 0.00385. The molecule has 0 atom stereocenters. The summed E-state index contributed by atoms with van der Waals surface area (Å²) in [7, 11) is -3.63. The van der Waals surface area contributed by atoms with E-state index in [1.54, 1.807) is 0 Å². The Morgan fingerprint density at radius 2 is 1.75 bits per heavy atom. The third-order valence-corrected chi connectivity index (χ3v) is 5.35. The molecule has 1 aliphatic rings. The average molecular weight is 319 g/mol. The zero-order valence-electron chi connectivity index (χ0n) is 11.2. The highest BCUT2D eigenvalue weighted by Crippen LogP contribution is 2.19. The summed E-state index contributed by atoms with van der Waals surface area (Å²) in [5.74, 6) is 0. The summed E-state index contributed by atoms with van der Waals surface area (Å²) >= 11 is 5.67. The van der Waals surface area contributed by atoms with E-state index < -0.39 is 15.6 Å². The van der Waals surface area contributed by atoms with E-state index in [0.29, 0.717) is 0 Å². The molecule has 1 heterocycles. The molecule has 7 heteroatoms. The Morgan fingerprint density at radius 1 is 1.15 bits per heavy atom. The molecule has 1 fully saturated rings. The largest absolute Gasteiger partial charge is 0.326 e. The summed E-state index contributed by atoms with van der Waals surface area (Å²) in [6, 6.07) is 1.15. The fourth-order valence-corrected chi connectivity index (χ4v) is 3.99. The normalized spacial score (nSPS) is 18.4. The molecule has 0 radical (unpaired) electrons. The molecule has 5 nitrogen and oxygen atoms in total. The van der Waals surface area contributed by atoms with Crippen LogP contribution in [-0.2, 0) is 10.0 Å². The summed E-state index contributed by atoms with van der Waals surface area (Å²) in [5, 5.41) is -0.120. The second kappa shape index (κ2) is 6.74. The molecule has 1 aromatic rings. The van der Waals surface area contributed by atoms with E-state index >= 15 is 0 Å². The van der Waals surface area contributed by atoms with E-state index in [9.17, 15) is 13.2 Å². The number of aromatic nitrogens is 1. The van der Waals surface area contributed by atoms with Crippen molar-refractivity contribution in [1.29, 1.82) is 0 Å². The number of nitrogens with one attached hydrogen (secondary N) is 2. The minimum atomic E-state index is -3.63. The lowest BCUT2D eigenvalue weighted by atomic mass is 9.97. The van der Waals surface area contributed by atoms with Crippen molar-refractivity contribution in [1.82, 2.24) is 9.71 Å². The number of hydrogen-bond donors (Lipinski definition) is 2. The summed E-state index contributed by atoms with van der Waals surface area (Å²) < 4.78 is 27.3. The SMILES string of the molecule is O=c1[nH]cc(S(=O)(=O)NC2CCCCCCC2)cc1Cl. The van der Waals surface area contributed by atoms with Crippen LogP contribution in [0.15, 0.2) is 22.0 Å². The molecular weight excluding hydrogens is 300 g/mol. The quantitative estimate of drug-likeness (QED) is 0.898. The first-order valence-electron chi connectivity index (χ1n) is 6.89. The molecule has 2 rings (SSSR count). The highest BCUT2D eigenvalue weighted by Gasteiger charge is 2.21. The molecule has 1 saturated carbocycles. The fraction of sp³-hybridized carbons (Fsp3) is 0.615. The smallest absolute Gasteiger partial charge is 0.266 e. The molecule has 20 heavy (non-hydrogen) atoms. The van der Waals surface area contributed by atoms with Gasteiger partial charge in [0, 0.05) is 12.2 Å². The maximum atomic E-state index is 12.3.